The molecule has 1 heterocycles. The molecule has 3 nitrogen and oxygen atoms in total. The molecule has 1 aromatic rings. The second-order valence-electron chi connectivity index (χ2n) is 1.12. The fourth-order valence-corrected chi connectivity index (χ4v) is 0.314. The molecule has 0 N–H and O–H groups in total. The summed E-state index contributed by atoms with van der Waals surface area (Å²) in [6.07, 6.45) is 2.44. The third kappa shape index (κ3) is 0.718. The summed E-state index contributed by atoms with van der Waals surface area (Å²) in [5.41, 5.74) is 0. The Kier molecular flexibility index (Phi) is 0.982. The van der Waals surface area contributed by atoms with Gasteiger partial charge >= 0.3 is 0 Å². The number of halogens is 1. The van der Waals surface area contributed by atoms with Crippen molar-refractivity contribution in [3.63, 3.8) is 0 Å². The van der Waals surface area contributed by atoms with Gasteiger partial charge in [0, 0.05) is 7.05 Å². The summed E-state index contributed by atoms with van der Waals surface area (Å²) in [5.74, 6) is 0. The molecule has 0 aliphatic carbocycles. The van der Waals surface area contributed by atoms with Crippen molar-refractivity contribution in [3.8, 4) is 0 Å². The summed E-state index contributed by atoms with van der Waals surface area (Å²) in [5, 5.41) is 7.30. The highest BCUT2D eigenvalue weighted by atomic mass is 35.5. The molecule has 0 bridgehead atoms. The maximum absolute atomic E-state index is 5.41. The van der Waals surface area contributed by atoms with E-state index in [9.17, 15) is 0 Å². The van der Waals surface area contributed by atoms with E-state index in [1.807, 2.05) is 0 Å². The molecule has 1 rings (SSSR count). The topological polar surface area (TPSA) is 30.7 Å². The first-order valence-electron chi connectivity index (χ1n) is 1.73. The molecular weight excluding hydrogens is 114 g/mol. The zero-order chi connectivity index (χ0) is 5.28. The van der Waals surface area contributed by atoms with E-state index < -0.39 is 0 Å². The zero-order valence-corrected chi connectivity index (χ0v) is 4.48. The summed E-state index contributed by atoms with van der Waals surface area (Å²) in [4.78, 5) is 0. The van der Waals surface area contributed by atoms with E-state index in [-0.39, 0.29) is 0 Å². The number of rotatable bonds is 0. The van der Waals surface area contributed by atoms with E-state index in [0.29, 0.717) is 5.15 Å². The molecule has 1 aromatic heterocycles. The molecular formula is C3H3ClN3. The van der Waals surface area contributed by atoms with E-state index >= 15 is 0 Å². The molecule has 0 aromatic carbocycles. The lowest BCUT2D eigenvalue weighted by molar-refractivity contribution is 0.715. The van der Waals surface area contributed by atoms with Crippen LogP contribution in [-0.2, 0) is 7.05 Å². The van der Waals surface area contributed by atoms with Crippen molar-refractivity contribution in [3.05, 3.63) is 11.3 Å². The Balaban J connectivity index is 3.12. The van der Waals surface area contributed by atoms with Gasteiger partial charge in [0.15, 0.2) is 11.3 Å². The molecule has 0 fully saturated rings. The molecule has 0 aliphatic rings. The Hall–Kier alpha value is -0.570. The normalized spacial score (nSPS) is 9.43. The minimum atomic E-state index is 0.431. The van der Waals surface area contributed by atoms with Crippen molar-refractivity contribution in [1.29, 1.82) is 0 Å². The Bertz CT molecular complexity index is 142. The van der Waals surface area contributed by atoms with Crippen LogP contribution in [0.3, 0.4) is 0 Å². The van der Waals surface area contributed by atoms with Crippen molar-refractivity contribution in [2.45, 2.75) is 0 Å². The highest BCUT2D eigenvalue weighted by Crippen LogP contribution is 1.98. The third-order valence-corrected chi connectivity index (χ3v) is 0.934. The second-order valence-corrected chi connectivity index (χ2v) is 1.47. The molecule has 0 amide bonds. The lowest BCUT2D eigenvalue weighted by atomic mass is 10.9. The van der Waals surface area contributed by atoms with Gasteiger partial charge in [-0.05, 0) is 0 Å². The summed E-state index contributed by atoms with van der Waals surface area (Å²) in [6, 6.07) is 0. The Morgan fingerprint density at radius 3 is 2.71 bits per heavy atom. The Labute approximate surface area is 45.9 Å². The van der Waals surface area contributed by atoms with Crippen LogP contribution in [0.1, 0.15) is 0 Å². The van der Waals surface area contributed by atoms with Crippen LogP contribution in [0.25, 0.3) is 0 Å². The predicted octanol–water partition coefficient (Wildman–Crippen LogP) is 0.269. The number of aromatic nitrogens is 3. The molecule has 4 heteroatoms. The van der Waals surface area contributed by atoms with Gasteiger partial charge in [0.05, 0.1) is 0 Å². The highest BCUT2D eigenvalue weighted by Gasteiger charge is 1.90. The van der Waals surface area contributed by atoms with E-state index in [1.165, 1.54) is 4.68 Å². The van der Waals surface area contributed by atoms with Crippen molar-refractivity contribution < 1.29 is 0 Å². The predicted molar refractivity (Wildman–Crippen MR) is 24.8 cm³/mol. The average Bonchev–Trinajstić information content (AvgIpc) is 1.91. The highest BCUT2D eigenvalue weighted by molar-refractivity contribution is 6.29. The SMILES string of the molecule is Cn1nn[c]c1Cl. The van der Waals surface area contributed by atoms with Gasteiger partial charge in [0.25, 0.3) is 0 Å². The van der Waals surface area contributed by atoms with Crippen molar-refractivity contribution in [2.75, 3.05) is 0 Å². The number of hydrogen-bond donors (Lipinski definition) is 0. The summed E-state index contributed by atoms with van der Waals surface area (Å²) in [7, 11) is 1.70. The average molecular weight is 117 g/mol. The molecule has 7 heavy (non-hydrogen) atoms. The largest absolute Gasteiger partial charge is 0.236 e. The first-order valence-corrected chi connectivity index (χ1v) is 2.11. The molecule has 0 saturated heterocycles. The van der Waals surface area contributed by atoms with Gasteiger partial charge in [-0.15, -0.1) is 5.10 Å². The first-order chi connectivity index (χ1) is 3.30. The fraction of sp³-hybridized carbons (Fsp3) is 0.333. The van der Waals surface area contributed by atoms with E-state index in [1.54, 1.807) is 7.05 Å². The maximum atomic E-state index is 5.41. The third-order valence-electron chi connectivity index (χ3n) is 0.605. The van der Waals surface area contributed by atoms with Gasteiger partial charge in [-0.25, -0.2) is 4.68 Å². The molecule has 0 aliphatic heterocycles. The smallest absolute Gasteiger partial charge is 0.156 e. The number of nitrogens with zero attached hydrogens (tertiary/aromatic N) is 3. The Morgan fingerprint density at radius 2 is 2.57 bits per heavy atom. The van der Waals surface area contributed by atoms with Gasteiger partial charge in [-0.1, -0.05) is 16.8 Å². The molecule has 0 saturated carbocycles. The zero-order valence-electron chi connectivity index (χ0n) is 3.72. The van der Waals surface area contributed by atoms with Gasteiger partial charge in [-0.2, -0.15) is 0 Å². The van der Waals surface area contributed by atoms with E-state index in [2.05, 4.69) is 16.5 Å². The van der Waals surface area contributed by atoms with Gasteiger partial charge in [-0.3, -0.25) is 0 Å². The number of hydrogen-bond acceptors (Lipinski definition) is 2. The van der Waals surface area contributed by atoms with Crippen LogP contribution in [0.15, 0.2) is 0 Å². The van der Waals surface area contributed by atoms with Gasteiger partial charge < -0.3 is 0 Å². The molecule has 1 radical (unpaired) electrons. The van der Waals surface area contributed by atoms with Crippen LogP contribution in [0.2, 0.25) is 5.15 Å². The van der Waals surface area contributed by atoms with Crippen LogP contribution < -0.4 is 0 Å². The summed E-state index contributed by atoms with van der Waals surface area (Å²) in [6.45, 7) is 0. The lowest BCUT2D eigenvalue weighted by Crippen LogP contribution is -1.88. The van der Waals surface area contributed by atoms with Crippen LogP contribution in [0, 0.1) is 6.20 Å². The van der Waals surface area contributed by atoms with Crippen LogP contribution in [-0.4, -0.2) is 15.0 Å². The summed E-state index contributed by atoms with van der Waals surface area (Å²) < 4.78 is 1.43. The standard InChI is InChI=1S/C3H3ClN3/c1-7-3(4)2-5-6-7/h1H3. The fourth-order valence-electron chi connectivity index (χ4n) is 0.242. The van der Waals surface area contributed by atoms with E-state index in [4.69, 9.17) is 11.6 Å². The molecule has 0 unspecified atom stereocenters. The number of aryl methyl sites for hydroxylation is 1. The monoisotopic (exact) mass is 116 g/mol. The van der Waals surface area contributed by atoms with Crippen molar-refractivity contribution in [2.24, 2.45) is 7.05 Å². The minimum absolute atomic E-state index is 0.431. The summed E-state index contributed by atoms with van der Waals surface area (Å²) >= 11 is 5.41. The quantitative estimate of drug-likeness (QED) is 0.487. The van der Waals surface area contributed by atoms with Crippen molar-refractivity contribution in [1.82, 2.24) is 15.0 Å². The second kappa shape index (κ2) is 1.50. The lowest BCUT2D eigenvalue weighted by Gasteiger charge is -1.81. The Morgan fingerprint density at radius 1 is 1.86 bits per heavy atom. The van der Waals surface area contributed by atoms with Crippen LogP contribution in [0.4, 0.5) is 0 Å². The van der Waals surface area contributed by atoms with Gasteiger partial charge in [0.1, 0.15) is 0 Å². The first kappa shape index (κ1) is 4.59. The van der Waals surface area contributed by atoms with Gasteiger partial charge in [0.2, 0.25) is 0 Å². The van der Waals surface area contributed by atoms with E-state index in [0.717, 1.165) is 0 Å². The maximum Gasteiger partial charge on any atom is 0.156 e. The molecule has 0 atom stereocenters. The van der Waals surface area contributed by atoms with Crippen LogP contribution in [0.5, 0.6) is 0 Å². The molecule has 0 spiro atoms. The molecule has 37 valence electrons. The van der Waals surface area contributed by atoms with Crippen LogP contribution >= 0.6 is 11.6 Å². The van der Waals surface area contributed by atoms with Crippen molar-refractivity contribution >= 4 is 11.6 Å². The minimum Gasteiger partial charge on any atom is -0.236 e.